The van der Waals surface area contributed by atoms with Gasteiger partial charge in [-0.3, -0.25) is 9.59 Å². The Morgan fingerprint density at radius 1 is 0.886 bits per heavy atom. The largest absolute Gasteiger partial charge is 0.465 e. The lowest BCUT2D eigenvalue weighted by Crippen LogP contribution is -2.24. The van der Waals surface area contributed by atoms with Crippen molar-refractivity contribution in [3.05, 3.63) is 83.4 Å². The number of halogens is 1. The molecular formula is C26H21ClN2O6. The van der Waals surface area contributed by atoms with E-state index in [1.54, 1.807) is 18.2 Å². The van der Waals surface area contributed by atoms with Gasteiger partial charge in [-0.2, -0.15) is 0 Å². The Balaban J connectivity index is 1.30. The Morgan fingerprint density at radius 2 is 1.66 bits per heavy atom. The molecule has 9 heteroatoms. The van der Waals surface area contributed by atoms with E-state index in [1.165, 1.54) is 25.3 Å². The van der Waals surface area contributed by atoms with E-state index in [0.717, 1.165) is 16.5 Å². The summed E-state index contributed by atoms with van der Waals surface area (Å²) in [5.41, 5.74) is 2.48. The second-order valence-corrected chi connectivity index (χ2v) is 7.94. The average molecular weight is 493 g/mol. The smallest absolute Gasteiger partial charge is 0.340 e. The molecule has 1 aromatic heterocycles. The molecule has 2 N–H and O–H groups in total. The van der Waals surface area contributed by atoms with Crippen molar-refractivity contribution >= 4 is 51.7 Å². The quantitative estimate of drug-likeness (QED) is 0.330. The zero-order valence-electron chi connectivity index (χ0n) is 18.7. The number of anilines is 2. The molecule has 4 rings (SSSR count). The second kappa shape index (κ2) is 10.9. The average Bonchev–Trinajstić information content (AvgIpc) is 3.29. The maximum atomic E-state index is 12.3. The van der Waals surface area contributed by atoms with E-state index in [2.05, 4.69) is 10.6 Å². The number of carbonyl (C=O) groups is 3. The van der Waals surface area contributed by atoms with Crippen molar-refractivity contribution in [1.29, 1.82) is 0 Å². The number of carbonyl (C=O) groups excluding carboxylic acids is 3. The summed E-state index contributed by atoms with van der Waals surface area (Å²) in [5, 5.41) is 6.59. The SMILES string of the molecule is COC(=O)c1cc(Cl)ccc1NC(=O)COCC(=O)Nc1cccc(-c2cc3ccccc3o2)c1. The zero-order valence-corrected chi connectivity index (χ0v) is 19.4. The molecule has 3 aromatic carbocycles. The monoisotopic (exact) mass is 492 g/mol. The van der Waals surface area contributed by atoms with Crippen LogP contribution < -0.4 is 10.6 Å². The minimum absolute atomic E-state index is 0.107. The molecule has 4 aromatic rings. The van der Waals surface area contributed by atoms with Gasteiger partial charge in [-0.05, 0) is 42.5 Å². The first-order valence-electron chi connectivity index (χ1n) is 10.6. The number of hydrogen-bond donors (Lipinski definition) is 2. The van der Waals surface area contributed by atoms with E-state index >= 15 is 0 Å². The molecule has 0 aliphatic heterocycles. The predicted octanol–water partition coefficient (Wildman–Crippen LogP) is 5.13. The van der Waals surface area contributed by atoms with Gasteiger partial charge in [-0.15, -0.1) is 0 Å². The molecule has 0 unspecified atom stereocenters. The van der Waals surface area contributed by atoms with Crippen molar-refractivity contribution in [3.63, 3.8) is 0 Å². The summed E-state index contributed by atoms with van der Waals surface area (Å²) in [7, 11) is 1.23. The van der Waals surface area contributed by atoms with Gasteiger partial charge < -0.3 is 24.5 Å². The highest BCUT2D eigenvalue weighted by Gasteiger charge is 2.15. The molecule has 0 aliphatic carbocycles. The summed E-state index contributed by atoms with van der Waals surface area (Å²) in [6.07, 6.45) is 0. The first-order valence-corrected chi connectivity index (χ1v) is 10.9. The molecule has 0 spiro atoms. The molecule has 1 heterocycles. The van der Waals surface area contributed by atoms with E-state index in [0.29, 0.717) is 16.5 Å². The van der Waals surface area contributed by atoms with Gasteiger partial charge >= 0.3 is 5.97 Å². The zero-order chi connectivity index (χ0) is 24.8. The number of rotatable bonds is 8. The van der Waals surface area contributed by atoms with Crippen LogP contribution in [0.1, 0.15) is 10.4 Å². The number of fused-ring (bicyclic) bond motifs is 1. The minimum Gasteiger partial charge on any atom is -0.465 e. The number of hydrogen-bond acceptors (Lipinski definition) is 6. The predicted molar refractivity (Wildman–Crippen MR) is 133 cm³/mol. The fraction of sp³-hybridized carbons (Fsp3) is 0.115. The standard InChI is InChI=1S/C26H21ClN2O6/c1-33-26(32)20-13-18(27)9-10-21(20)29-25(31)15-34-14-24(30)28-19-7-4-6-16(11-19)23-12-17-5-2-3-8-22(17)35-23/h2-13H,14-15H2,1H3,(H,28,30)(H,29,31). The minimum atomic E-state index is -0.645. The normalized spacial score (nSPS) is 10.7. The molecule has 0 radical (unpaired) electrons. The van der Waals surface area contributed by atoms with Crippen LogP contribution >= 0.6 is 11.6 Å². The van der Waals surface area contributed by atoms with E-state index in [1.807, 2.05) is 36.4 Å². The van der Waals surface area contributed by atoms with Gasteiger partial charge in [0.2, 0.25) is 11.8 Å². The van der Waals surface area contributed by atoms with Crippen molar-refractivity contribution in [2.75, 3.05) is 31.0 Å². The van der Waals surface area contributed by atoms with Crippen LogP contribution in [0.3, 0.4) is 0 Å². The highest BCUT2D eigenvalue weighted by atomic mass is 35.5. The second-order valence-electron chi connectivity index (χ2n) is 7.50. The summed E-state index contributed by atoms with van der Waals surface area (Å²) >= 11 is 5.91. The van der Waals surface area contributed by atoms with Crippen molar-refractivity contribution < 1.29 is 28.3 Å². The van der Waals surface area contributed by atoms with Gasteiger partial charge in [0.25, 0.3) is 0 Å². The summed E-state index contributed by atoms with van der Waals surface area (Å²) < 4.78 is 15.8. The van der Waals surface area contributed by atoms with Gasteiger partial charge in [-0.25, -0.2) is 4.79 Å². The third-order valence-corrected chi connectivity index (χ3v) is 5.22. The number of para-hydroxylation sites is 1. The Labute approximate surface area is 205 Å². The first-order chi connectivity index (χ1) is 16.9. The van der Waals surface area contributed by atoms with Gasteiger partial charge in [0.1, 0.15) is 24.6 Å². The van der Waals surface area contributed by atoms with Crippen LogP contribution in [0.4, 0.5) is 11.4 Å². The Bertz CT molecular complexity index is 1360. The maximum Gasteiger partial charge on any atom is 0.340 e. The molecule has 0 bridgehead atoms. The number of esters is 1. The summed E-state index contributed by atoms with van der Waals surface area (Å²) in [4.78, 5) is 36.4. The Kier molecular flexibility index (Phi) is 7.45. The lowest BCUT2D eigenvalue weighted by Gasteiger charge is -2.11. The number of benzene rings is 3. The maximum absolute atomic E-state index is 12.3. The van der Waals surface area contributed by atoms with Crippen LogP contribution in [0.5, 0.6) is 0 Å². The van der Waals surface area contributed by atoms with E-state index in [4.69, 9.17) is 25.5 Å². The van der Waals surface area contributed by atoms with Crippen LogP contribution in [0.25, 0.3) is 22.3 Å². The van der Waals surface area contributed by atoms with Crippen LogP contribution in [0.15, 0.2) is 77.2 Å². The van der Waals surface area contributed by atoms with Gasteiger partial charge in [0.05, 0.1) is 18.4 Å². The Morgan fingerprint density at radius 3 is 2.43 bits per heavy atom. The molecule has 35 heavy (non-hydrogen) atoms. The van der Waals surface area contributed by atoms with Crippen LogP contribution in [0.2, 0.25) is 5.02 Å². The number of nitrogens with one attached hydrogen (secondary N) is 2. The third kappa shape index (κ3) is 6.06. The van der Waals surface area contributed by atoms with Crippen molar-refractivity contribution in [3.8, 4) is 11.3 Å². The van der Waals surface area contributed by atoms with Gasteiger partial charge in [-0.1, -0.05) is 41.9 Å². The molecule has 0 atom stereocenters. The highest BCUT2D eigenvalue weighted by molar-refractivity contribution is 6.31. The summed E-state index contributed by atoms with van der Waals surface area (Å²) in [6, 6.07) is 21.2. The van der Waals surface area contributed by atoms with Crippen molar-refractivity contribution in [2.24, 2.45) is 0 Å². The molecule has 0 aliphatic rings. The molecule has 178 valence electrons. The van der Waals surface area contributed by atoms with Gasteiger partial charge in [0.15, 0.2) is 0 Å². The molecule has 0 saturated heterocycles. The molecule has 2 amide bonds. The lowest BCUT2D eigenvalue weighted by molar-refractivity contribution is -0.125. The van der Waals surface area contributed by atoms with E-state index < -0.39 is 24.4 Å². The van der Waals surface area contributed by atoms with Crippen molar-refractivity contribution in [2.45, 2.75) is 0 Å². The summed E-state index contributed by atoms with van der Waals surface area (Å²) in [6.45, 7) is -0.734. The fourth-order valence-corrected chi connectivity index (χ4v) is 3.57. The summed E-state index contributed by atoms with van der Waals surface area (Å²) in [5.74, 6) is -0.935. The van der Waals surface area contributed by atoms with E-state index in [-0.39, 0.29) is 17.9 Å². The fourth-order valence-electron chi connectivity index (χ4n) is 3.40. The number of methoxy groups -OCH3 is 1. The number of amides is 2. The molecule has 0 saturated carbocycles. The van der Waals surface area contributed by atoms with Gasteiger partial charge in [0, 0.05) is 21.7 Å². The molecule has 0 fully saturated rings. The van der Waals surface area contributed by atoms with E-state index in [9.17, 15) is 14.4 Å². The third-order valence-electron chi connectivity index (χ3n) is 4.98. The Hall–Kier alpha value is -4.14. The first kappa shape index (κ1) is 24.0. The van der Waals surface area contributed by atoms with Crippen molar-refractivity contribution in [1.82, 2.24) is 0 Å². The highest BCUT2D eigenvalue weighted by Crippen LogP contribution is 2.29. The van der Waals surface area contributed by atoms with Crippen LogP contribution in [-0.2, 0) is 19.1 Å². The number of ether oxygens (including phenoxy) is 2. The van der Waals surface area contributed by atoms with Crippen LogP contribution in [0, 0.1) is 0 Å². The lowest BCUT2D eigenvalue weighted by atomic mass is 10.1. The van der Waals surface area contributed by atoms with Crippen LogP contribution in [-0.4, -0.2) is 38.1 Å². The number of furan rings is 1. The molecular weight excluding hydrogens is 472 g/mol. The molecule has 8 nitrogen and oxygen atoms in total. The topological polar surface area (TPSA) is 107 Å².